The molecular formula is C15H19N3O3S. The van der Waals surface area contributed by atoms with Gasteiger partial charge in [0.05, 0.1) is 6.04 Å². The molecule has 0 aliphatic carbocycles. The number of amides is 1. The lowest BCUT2D eigenvalue weighted by Gasteiger charge is -2.18. The van der Waals surface area contributed by atoms with Crippen LogP contribution in [0.2, 0.25) is 0 Å². The van der Waals surface area contributed by atoms with Crippen molar-refractivity contribution in [3.63, 3.8) is 0 Å². The molecule has 6 nitrogen and oxygen atoms in total. The van der Waals surface area contributed by atoms with Gasteiger partial charge in [0.15, 0.2) is 0 Å². The van der Waals surface area contributed by atoms with Gasteiger partial charge in [-0.3, -0.25) is 4.79 Å². The van der Waals surface area contributed by atoms with Gasteiger partial charge in [-0.25, -0.2) is 13.1 Å². The maximum atomic E-state index is 11.8. The van der Waals surface area contributed by atoms with Crippen LogP contribution < -0.4 is 15.8 Å². The Bertz CT molecular complexity index is 774. The molecule has 0 aromatic heterocycles. The number of hydrogen-bond acceptors (Lipinski definition) is 4. The summed E-state index contributed by atoms with van der Waals surface area (Å²) in [6, 6.07) is 13.2. The summed E-state index contributed by atoms with van der Waals surface area (Å²) >= 11 is 0. The summed E-state index contributed by atoms with van der Waals surface area (Å²) in [6.45, 7) is 0.184. The van der Waals surface area contributed by atoms with E-state index in [1.54, 1.807) is 0 Å². The molecule has 118 valence electrons. The summed E-state index contributed by atoms with van der Waals surface area (Å²) in [4.78, 5) is 11.8. The first-order chi connectivity index (χ1) is 10.4. The lowest BCUT2D eigenvalue weighted by Crippen LogP contribution is -2.39. The molecule has 0 bridgehead atoms. The van der Waals surface area contributed by atoms with Gasteiger partial charge >= 0.3 is 0 Å². The molecule has 0 fully saturated rings. The fourth-order valence-electron chi connectivity index (χ4n) is 2.18. The molecule has 0 heterocycles. The van der Waals surface area contributed by atoms with E-state index in [4.69, 9.17) is 5.73 Å². The lowest BCUT2D eigenvalue weighted by atomic mass is 10.0. The Hall–Kier alpha value is -1.96. The summed E-state index contributed by atoms with van der Waals surface area (Å²) in [5.41, 5.74) is 6.56. The zero-order valence-electron chi connectivity index (χ0n) is 12.2. The molecule has 1 amide bonds. The van der Waals surface area contributed by atoms with Crippen LogP contribution in [0.5, 0.6) is 0 Å². The molecule has 1 unspecified atom stereocenters. The number of sulfonamides is 1. The third-order valence-electron chi connectivity index (χ3n) is 3.38. The molecule has 22 heavy (non-hydrogen) atoms. The fraction of sp³-hybridized carbons (Fsp3) is 0.267. The zero-order valence-corrected chi connectivity index (χ0v) is 13.1. The van der Waals surface area contributed by atoms with Crippen molar-refractivity contribution < 1.29 is 13.2 Å². The van der Waals surface area contributed by atoms with E-state index in [1.165, 1.54) is 7.05 Å². The molecule has 4 N–H and O–H groups in total. The number of rotatable bonds is 6. The number of nitrogens with one attached hydrogen (secondary N) is 2. The van der Waals surface area contributed by atoms with Gasteiger partial charge in [0.2, 0.25) is 15.9 Å². The van der Waals surface area contributed by atoms with Crippen LogP contribution in [0.3, 0.4) is 0 Å². The van der Waals surface area contributed by atoms with Crippen LogP contribution in [-0.4, -0.2) is 33.7 Å². The zero-order chi connectivity index (χ0) is 16.2. The molecule has 0 aliphatic heterocycles. The van der Waals surface area contributed by atoms with Crippen molar-refractivity contribution in [1.29, 1.82) is 0 Å². The summed E-state index contributed by atoms with van der Waals surface area (Å²) in [5.74, 6) is -1.20. The Labute approximate surface area is 129 Å². The molecule has 0 aliphatic rings. The van der Waals surface area contributed by atoms with Crippen molar-refractivity contribution in [2.24, 2.45) is 5.73 Å². The Morgan fingerprint density at radius 3 is 2.50 bits per heavy atom. The van der Waals surface area contributed by atoms with E-state index in [9.17, 15) is 13.2 Å². The second-order valence-electron chi connectivity index (χ2n) is 4.93. The van der Waals surface area contributed by atoms with Crippen LogP contribution >= 0.6 is 0 Å². The second-order valence-corrected chi connectivity index (χ2v) is 6.85. The van der Waals surface area contributed by atoms with Gasteiger partial charge in [0, 0.05) is 6.54 Å². The first-order valence-corrected chi connectivity index (χ1v) is 8.50. The number of carbonyl (C=O) groups excluding carboxylic acids is 1. The predicted octanol–water partition coefficient (Wildman–Crippen LogP) is 0.505. The van der Waals surface area contributed by atoms with E-state index in [1.807, 2.05) is 42.5 Å². The van der Waals surface area contributed by atoms with E-state index in [2.05, 4.69) is 10.0 Å². The number of nitrogens with two attached hydrogens (primary N) is 1. The van der Waals surface area contributed by atoms with Gasteiger partial charge in [-0.1, -0.05) is 36.4 Å². The minimum atomic E-state index is -3.59. The molecule has 2 rings (SSSR count). The van der Waals surface area contributed by atoms with Gasteiger partial charge < -0.3 is 11.1 Å². The Morgan fingerprint density at radius 1 is 1.18 bits per heavy atom. The van der Waals surface area contributed by atoms with Crippen LogP contribution in [-0.2, 0) is 14.8 Å². The third kappa shape index (κ3) is 4.03. The molecular weight excluding hydrogens is 302 g/mol. The Balaban J connectivity index is 2.18. The quantitative estimate of drug-likeness (QED) is 0.721. The topological polar surface area (TPSA) is 101 Å². The van der Waals surface area contributed by atoms with Gasteiger partial charge in [-0.2, -0.15) is 0 Å². The number of fused-ring (bicyclic) bond motifs is 1. The van der Waals surface area contributed by atoms with Crippen molar-refractivity contribution in [1.82, 2.24) is 10.0 Å². The maximum absolute atomic E-state index is 11.8. The first kappa shape index (κ1) is 16.4. The SMILES string of the molecule is CNS(=O)(=O)CC(=O)NC(CN)c1ccc2ccccc2c1. The highest BCUT2D eigenvalue weighted by Gasteiger charge is 2.18. The van der Waals surface area contributed by atoms with Gasteiger partial charge in [0.1, 0.15) is 5.75 Å². The summed E-state index contributed by atoms with van der Waals surface area (Å²) in [7, 11) is -2.32. The largest absolute Gasteiger partial charge is 0.347 e. The molecule has 2 aromatic carbocycles. The maximum Gasteiger partial charge on any atom is 0.237 e. The number of benzene rings is 2. The third-order valence-corrected chi connectivity index (χ3v) is 4.64. The normalized spacial score (nSPS) is 13.0. The monoisotopic (exact) mass is 321 g/mol. The van der Waals surface area contributed by atoms with Crippen molar-refractivity contribution in [3.05, 3.63) is 48.0 Å². The smallest absolute Gasteiger partial charge is 0.237 e. The van der Waals surface area contributed by atoms with E-state index in [0.29, 0.717) is 0 Å². The van der Waals surface area contributed by atoms with E-state index < -0.39 is 27.7 Å². The van der Waals surface area contributed by atoms with E-state index in [0.717, 1.165) is 16.3 Å². The average molecular weight is 321 g/mol. The van der Waals surface area contributed by atoms with Gasteiger partial charge in [-0.15, -0.1) is 0 Å². The van der Waals surface area contributed by atoms with Crippen molar-refractivity contribution >= 4 is 26.7 Å². The lowest BCUT2D eigenvalue weighted by molar-refractivity contribution is -0.119. The van der Waals surface area contributed by atoms with Crippen LogP contribution in [0, 0.1) is 0 Å². The summed E-state index contributed by atoms with van der Waals surface area (Å²) < 4.78 is 24.9. The first-order valence-electron chi connectivity index (χ1n) is 6.84. The number of hydrogen-bond donors (Lipinski definition) is 3. The highest BCUT2D eigenvalue weighted by atomic mass is 32.2. The highest BCUT2D eigenvalue weighted by molar-refractivity contribution is 7.90. The molecule has 1 atom stereocenters. The molecule has 0 saturated carbocycles. The van der Waals surface area contributed by atoms with Crippen LogP contribution in [0.25, 0.3) is 10.8 Å². The van der Waals surface area contributed by atoms with Crippen molar-refractivity contribution in [2.75, 3.05) is 19.3 Å². The molecule has 0 spiro atoms. The summed E-state index contributed by atoms with van der Waals surface area (Å²) in [6.07, 6.45) is 0. The molecule has 0 saturated heterocycles. The van der Waals surface area contributed by atoms with Gasteiger partial charge in [-0.05, 0) is 29.4 Å². The summed E-state index contributed by atoms with van der Waals surface area (Å²) in [5, 5.41) is 4.78. The molecule has 0 radical (unpaired) electrons. The number of carbonyl (C=O) groups is 1. The van der Waals surface area contributed by atoms with Crippen molar-refractivity contribution in [3.8, 4) is 0 Å². The van der Waals surface area contributed by atoms with Gasteiger partial charge in [0.25, 0.3) is 0 Å². The second kappa shape index (κ2) is 6.87. The van der Waals surface area contributed by atoms with Crippen LogP contribution in [0.4, 0.5) is 0 Å². The fourth-order valence-corrected chi connectivity index (χ4v) is 2.76. The van der Waals surface area contributed by atoms with E-state index in [-0.39, 0.29) is 6.54 Å². The predicted molar refractivity (Wildman–Crippen MR) is 86.7 cm³/mol. The average Bonchev–Trinajstić information content (AvgIpc) is 2.51. The van der Waals surface area contributed by atoms with Crippen LogP contribution in [0.15, 0.2) is 42.5 Å². The van der Waals surface area contributed by atoms with E-state index >= 15 is 0 Å². The Kier molecular flexibility index (Phi) is 5.12. The molecule has 2 aromatic rings. The minimum absolute atomic E-state index is 0.184. The minimum Gasteiger partial charge on any atom is -0.347 e. The highest BCUT2D eigenvalue weighted by Crippen LogP contribution is 2.20. The molecule has 7 heteroatoms. The Morgan fingerprint density at radius 2 is 1.86 bits per heavy atom. The van der Waals surface area contributed by atoms with Crippen LogP contribution in [0.1, 0.15) is 11.6 Å². The standard InChI is InChI=1S/C15H19N3O3S/c1-17-22(20,21)10-15(19)18-14(9-16)13-7-6-11-4-2-3-5-12(11)8-13/h2-8,14,17H,9-10,16H2,1H3,(H,18,19). The van der Waals surface area contributed by atoms with Crippen molar-refractivity contribution in [2.45, 2.75) is 6.04 Å².